The van der Waals surface area contributed by atoms with Crippen LogP contribution in [0.3, 0.4) is 0 Å². The van der Waals surface area contributed by atoms with Crippen molar-refractivity contribution in [1.29, 1.82) is 0 Å². The summed E-state index contributed by atoms with van der Waals surface area (Å²) in [6, 6.07) is 24.4. The van der Waals surface area contributed by atoms with Crippen molar-refractivity contribution in [3.05, 3.63) is 100 Å². The van der Waals surface area contributed by atoms with E-state index in [1.807, 2.05) is 36.4 Å². The summed E-state index contributed by atoms with van der Waals surface area (Å²) < 4.78 is 6.96. The Hall–Kier alpha value is -4.17. The molecule has 0 atom stereocenters. The maximum atomic E-state index is 13.4. The Labute approximate surface area is 219 Å². The van der Waals surface area contributed by atoms with E-state index >= 15 is 0 Å². The number of rotatable bonds is 9. The molecule has 1 amide bonds. The number of nitrogens with zero attached hydrogens (tertiary/aromatic N) is 2. The van der Waals surface area contributed by atoms with Crippen molar-refractivity contribution < 1.29 is 14.1 Å². The second kappa shape index (κ2) is 11.7. The maximum Gasteiger partial charge on any atom is 0.270 e. The van der Waals surface area contributed by atoms with E-state index in [2.05, 4.69) is 56.9 Å². The normalized spacial score (nSPS) is 11.3. The van der Waals surface area contributed by atoms with Gasteiger partial charge in [-0.2, -0.15) is 0 Å². The van der Waals surface area contributed by atoms with Crippen LogP contribution in [0.4, 0.5) is 5.69 Å². The zero-order valence-corrected chi connectivity index (χ0v) is 22.3. The maximum absolute atomic E-state index is 13.4. The fourth-order valence-electron chi connectivity index (χ4n) is 4.54. The highest BCUT2D eigenvalue weighted by Gasteiger charge is 2.50. The molecule has 0 aliphatic carbocycles. The Kier molecular flexibility index (Phi) is 8.67. The van der Waals surface area contributed by atoms with Crippen molar-refractivity contribution in [3.63, 3.8) is 0 Å². The monoisotopic (exact) mass is 510 g/mol. The number of nitro groups is 1. The Morgan fingerprint density at radius 1 is 0.946 bits per heavy atom. The lowest BCUT2D eigenvalue weighted by molar-refractivity contribution is -0.384. The molecule has 0 unspecified atom stereocenters. The minimum atomic E-state index is -2.91. The van der Waals surface area contributed by atoms with E-state index in [0.29, 0.717) is 5.56 Å². The quantitative estimate of drug-likeness (QED) is 0.185. The van der Waals surface area contributed by atoms with Crippen molar-refractivity contribution in [2.24, 2.45) is 0 Å². The van der Waals surface area contributed by atoms with E-state index in [1.54, 1.807) is 6.07 Å². The molecule has 3 aromatic rings. The van der Waals surface area contributed by atoms with Gasteiger partial charge in [-0.25, -0.2) is 0 Å². The van der Waals surface area contributed by atoms with Crippen LogP contribution < -0.4 is 10.4 Å². The molecule has 0 saturated carbocycles. The number of terminal acetylenes is 2. The summed E-state index contributed by atoms with van der Waals surface area (Å²) >= 11 is 0. The number of nitro benzene ring substituents is 1. The van der Waals surface area contributed by atoms with Gasteiger partial charge in [0.05, 0.1) is 30.2 Å². The van der Waals surface area contributed by atoms with Crippen molar-refractivity contribution in [3.8, 4) is 24.7 Å². The number of amides is 1. The fourth-order valence-corrected chi connectivity index (χ4v) is 9.07. The van der Waals surface area contributed by atoms with Crippen molar-refractivity contribution in [1.82, 2.24) is 4.90 Å². The highest BCUT2D eigenvalue weighted by atomic mass is 28.4. The number of benzene rings is 3. The molecular formula is C30H30N2O4Si. The van der Waals surface area contributed by atoms with E-state index in [9.17, 15) is 14.9 Å². The molecule has 0 radical (unpaired) electrons. The minimum Gasteiger partial charge on any atom is -0.403 e. The van der Waals surface area contributed by atoms with Crippen LogP contribution in [0.1, 0.15) is 36.7 Å². The lowest BCUT2D eigenvalue weighted by atomic mass is 10.1. The van der Waals surface area contributed by atoms with Gasteiger partial charge in [0.25, 0.3) is 19.9 Å². The minimum absolute atomic E-state index is 0.0132. The molecule has 0 bridgehead atoms. The van der Waals surface area contributed by atoms with Crippen LogP contribution in [0.5, 0.6) is 0 Å². The first kappa shape index (κ1) is 27.4. The number of non-ortho nitro benzene ring substituents is 1. The van der Waals surface area contributed by atoms with Gasteiger partial charge in [0.2, 0.25) is 0 Å². The van der Waals surface area contributed by atoms with Crippen LogP contribution in [-0.4, -0.2) is 37.1 Å². The molecule has 0 spiro atoms. The zero-order chi connectivity index (χ0) is 27.1. The van der Waals surface area contributed by atoms with Crippen molar-refractivity contribution >= 4 is 30.3 Å². The second-order valence-corrected chi connectivity index (χ2v) is 13.9. The molecule has 0 aliphatic heterocycles. The summed E-state index contributed by atoms with van der Waals surface area (Å²) in [5.41, 5.74) is 0.485. The Bertz CT molecular complexity index is 1280. The molecule has 0 N–H and O–H groups in total. The van der Waals surface area contributed by atoms with Crippen LogP contribution in [0, 0.1) is 34.8 Å². The Morgan fingerprint density at radius 2 is 1.46 bits per heavy atom. The van der Waals surface area contributed by atoms with Gasteiger partial charge in [0.1, 0.15) is 0 Å². The van der Waals surface area contributed by atoms with Gasteiger partial charge in [-0.15, -0.1) is 12.8 Å². The molecule has 0 heterocycles. The van der Waals surface area contributed by atoms with Crippen molar-refractivity contribution in [2.45, 2.75) is 32.4 Å². The van der Waals surface area contributed by atoms with E-state index in [1.165, 1.54) is 17.0 Å². The zero-order valence-electron chi connectivity index (χ0n) is 21.3. The predicted octanol–water partition coefficient (Wildman–Crippen LogP) is 4.38. The Morgan fingerprint density at radius 3 is 1.89 bits per heavy atom. The number of hydrogen-bond acceptors (Lipinski definition) is 4. The topological polar surface area (TPSA) is 72.7 Å². The van der Waals surface area contributed by atoms with E-state index < -0.39 is 19.1 Å². The SMILES string of the molecule is C#CCN(CC#C)C(=O)c1cc([N+](=O)[O-])ccc1CO[Si](c1ccccc1)(c1ccccc1)C(C)(C)C. The molecular weight excluding hydrogens is 480 g/mol. The average Bonchev–Trinajstić information content (AvgIpc) is 2.89. The highest BCUT2D eigenvalue weighted by molar-refractivity contribution is 6.99. The van der Waals surface area contributed by atoms with Crippen LogP contribution in [-0.2, 0) is 11.0 Å². The van der Waals surface area contributed by atoms with E-state index in [0.717, 1.165) is 10.4 Å². The van der Waals surface area contributed by atoms with Crippen LogP contribution in [0.2, 0.25) is 5.04 Å². The van der Waals surface area contributed by atoms with E-state index in [-0.39, 0.29) is 36.0 Å². The molecule has 0 saturated heterocycles. The first-order valence-electron chi connectivity index (χ1n) is 11.8. The third kappa shape index (κ3) is 5.81. The second-order valence-electron chi connectivity index (χ2n) is 9.62. The van der Waals surface area contributed by atoms with Gasteiger partial charge in [-0.3, -0.25) is 14.9 Å². The summed E-state index contributed by atoms with van der Waals surface area (Å²) in [5.74, 6) is 4.39. The summed E-state index contributed by atoms with van der Waals surface area (Å²) in [6.07, 6.45) is 10.9. The van der Waals surface area contributed by atoms with Gasteiger partial charge in [0, 0.05) is 12.1 Å². The molecule has 0 aromatic heterocycles. The van der Waals surface area contributed by atoms with Gasteiger partial charge in [-0.1, -0.05) is 93.3 Å². The van der Waals surface area contributed by atoms with Gasteiger partial charge >= 0.3 is 0 Å². The molecule has 0 aliphatic rings. The largest absolute Gasteiger partial charge is 0.403 e. The number of carbonyl (C=O) groups excluding carboxylic acids is 1. The third-order valence-corrected chi connectivity index (χ3v) is 11.2. The molecule has 37 heavy (non-hydrogen) atoms. The summed E-state index contributed by atoms with van der Waals surface area (Å²) in [5, 5.41) is 13.4. The fraction of sp³-hybridized carbons (Fsp3) is 0.233. The lowest BCUT2D eigenvalue weighted by Gasteiger charge is -2.43. The number of hydrogen-bond donors (Lipinski definition) is 0. The summed E-state index contributed by atoms with van der Waals surface area (Å²) in [7, 11) is -2.91. The summed E-state index contributed by atoms with van der Waals surface area (Å²) in [4.78, 5) is 25.7. The molecule has 7 heteroatoms. The molecule has 3 rings (SSSR count). The molecule has 0 fully saturated rings. The standard InChI is InChI=1S/C30H30N2O4Si/c1-6-20-31(21-7-2)29(33)28-22-25(32(34)35)19-18-24(28)23-36-37(30(3,4)5,26-14-10-8-11-15-26)27-16-12-9-13-17-27/h1-2,8-19,22H,20-21,23H2,3-5H3. The third-order valence-electron chi connectivity index (χ3n) is 6.25. The predicted molar refractivity (Wildman–Crippen MR) is 149 cm³/mol. The number of carbonyl (C=O) groups is 1. The average molecular weight is 511 g/mol. The first-order chi connectivity index (χ1) is 17.7. The lowest BCUT2D eigenvalue weighted by Crippen LogP contribution is -2.66. The van der Waals surface area contributed by atoms with Crippen molar-refractivity contribution in [2.75, 3.05) is 13.1 Å². The molecule has 6 nitrogen and oxygen atoms in total. The summed E-state index contributed by atoms with van der Waals surface area (Å²) in [6.45, 7) is 6.52. The highest BCUT2D eigenvalue weighted by Crippen LogP contribution is 2.37. The molecule has 3 aromatic carbocycles. The van der Waals surface area contributed by atoms with Crippen LogP contribution in [0.15, 0.2) is 78.9 Å². The Balaban J connectivity index is 2.15. The van der Waals surface area contributed by atoms with Crippen LogP contribution in [0.25, 0.3) is 0 Å². The van der Waals surface area contributed by atoms with Gasteiger partial charge in [0.15, 0.2) is 0 Å². The molecule has 188 valence electrons. The van der Waals surface area contributed by atoms with Gasteiger partial charge in [-0.05, 0) is 27.0 Å². The van der Waals surface area contributed by atoms with Crippen LogP contribution >= 0.6 is 0 Å². The van der Waals surface area contributed by atoms with E-state index in [4.69, 9.17) is 17.3 Å². The van der Waals surface area contributed by atoms with Gasteiger partial charge < -0.3 is 9.33 Å². The first-order valence-corrected chi connectivity index (χ1v) is 13.7. The smallest absolute Gasteiger partial charge is 0.270 e.